The third-order valence-corrected chi connectivity index (χ3v) is 6.53. The third-order valence-electron chi connectivity index (χ3n) is 1.33. The second-order valence-corrected chi connectivity index (χ2v) is 9.18. The Morgan fingerprint density at radius 3 is 2.64 bits per heavy atom. The molecule has 0 saturated heterocycles. The standard InChI is InChI=1S/C9H17ITe/c1-3-5-7-9(10)11-8-6-4-2/h7H,3-6,8H2,1-2H3/b9-7-. The van der Waals surface area contributed by atoms with Gasteiger partial charge >= 0.3 is 95.2 Å². The summed E-state index contributed by atoms with van der Waals surface area (Å²) in [7, 11) is 0. The SMILES string of the molecule is CCC/C=C(/I)[Te]CCCC. The van der Waals surface area contributed by atoms with Crippen LogP contribution in [0, 0.1) is 0 Å². The summed E-state index contributed by atoms with van der Waals surface area (Å²) in [6.07, 6.45) is 7.82. The van der Waals surface area contributed by atoms with Crippen LogP contribution in [0.4, 0.5) is 0 Å². The molecular weight excluding hydrogens is 363 g/mol. The molecule has 0 amide bonds. The molecule has 66 valence electrons. The summed E-state index contributed by atoms with van der Waals surface area (Å²) in [5.41, 5.74) is 0. The predicted molar refractivity (Wildman–Crippen MR) is 62.5 cm³/mol. The Kier molecular flexibility index (Phi) is 10.4. The van der Waals surface area contributed by atoms with E-state index in [0.717, 1.165) is 0 Å². The Morgan fingerprint density at radius 2 is 2.09 bits per heavy atom. The fraction of sp³-hybridized carbons (Fsp3) is 0.778. The van der Waals surface area contributed by atoms with E-state index in [-0.39, 0.29) is 20.9 Å². The summed E-state index contributed by atoms with van der Waals surface area (Å²) in [5, 5.41) is 0. The van der Waals surface area contributed by atoms with E-state index in [1.54, 1.807) is 1.63 Å². The van der Waals surface area contributed by atoms with E-state index in [9.17, 15) is 0 Å². The maximum atomic E-state index is 2.52. The summed E-state index contributed by atoms with van der Waals surface area (Å²) in [6, 6.07) is 0. The quantitative estimate of drug-likeness (QED) is 0.372. The van der Waals surface area contributed by atoms with Gasteiger partial charge < -0.3 is 0 Å². The molecule has 0 aliphatic heterocycles. The molecule has 0 nitrogen and oxygen atoms in total. The Morgan fingerprint density at radius 1 is 1.36 bits per heavy atom. The monoisotopic (exact) mass is 382 g/mol. The summed E-state index contributed by atoms with van der Waals surface area (Å²) in [4.78, 5) is 0. The van der Waals surface area contributed by atoms with Crippen LogP contribution < -0.4 is 0 Å². The summed E-state index contributed by atoms with van der Waals surface area (Å²) in [6.45, 7) is 4.52. The van der Waals surface area contributed by atoms with Gasteiger partial charge in [0.25, 0.3) is 0 Å². The molecule has 0 aromatic rings. The molecular formula is C9H17ITe. The Labute approximate surface area is 94.4 Å². The maximum absolute atomic E-state index is 2.52. The first kappa shape index (κ1) is 12.3. The molecule has 2 heteroatoms. The van der Waals surface area contributed by atoms with E-state index >= 15 is 0 Å². The second kappa shape index (κ2) is 9.35. The fourth-order valence-corrected chi connectivity index (χ4v) is 4.88. The summed E-state index contributed by atoms with van der Waals surface area (Å²) in [5.74, 6) is 0. The molecule has 0 saturated carbocycles. The summed E-state index contributed by atoms with van der Waals surface area (Å²) >= 11 is 2.75. The minimum absolute atomic E-state index is 0.226. The first-order valence-corrected chi connectivity index (χ1v) is 8.18. The first-order valence-electron chi connectivity index (χ1n) is 4.29. The van der Waals surface area contributed by atoms with Crippen LogP contribution in [-0.4, -0.2) is 20.9 Å². The van der Waals surface area contributed by atoms with Gasteiger partial charge in [0.05, 0.1) is 0 Å². The number of hydrogen-bond acceptors (Lipinski definition) is 0. The van der Waals surface area contributed by atoms with Crippen molar-refractivity contribution in [2.45, 2.75) is 44.0 Å². The zero-order chi connectivity index (χ0) is 8.53. The van der Waals surface area contributed by atoms with Crippen LogP contribution in [0.1, 0.15) is 39.5 Å². The van der Waals surface area contributed by atoms with Gasteiger partial charge in [-0.1, -0.05) is 0 Å². The molecule has 0 rings (SSSR count). The van der Waals surface area contributed by atoms with Gasteiger partial charge in [-0.05, 0) is 0 Å². The summed E-state index contributed by atoms with van der Waals surface area (Å²) < 4.78 is 3.18. The molecule has 0 fully saturated rings. The van der Waals surface area contributed by atoms with E-state index in [4.69, 9.17) is 0 Å². The molecule has 0 aliphatic rings. The van der Waals surface area contributed by atoms with Gasteiger partial charge in [0, 0.05) is 0 Å². The van der Waals surface area contributed by atoms with Gasteiger partial charge in [-0.25, -0.2) is 0 Å². The average molecular weight is 380 g/mol. The Bertz CT molecular complexity index is 110. The first-order chi connectivity index (χ1) is 5.31. The van der Waals surface area contributed by atoms with Crippen molar-refractivity contribution in [2.24, 2.45) is 0 Å². The third kappa shape index (κ3) is 9.17. The molecule has 0 aliphatic carbocycles. The van der Waals surface area contributed by atoms with Gasteiger partial charge in [0.1, 0.15) is 0 Å². The van der Waals surface area contributed by atoms with Crippen LogP contribution in [0.15, 0.2) is 7.70 Å². The van der Waals surface area contributed by atoms with Gasteiger partial charge in [-0.2, -0.15) is 0 Å². The molecule has 0 bridgehead atoms. The van der Waals surface area contributed by atoms with Gasteiger partial charge in [-0.15, -0.1) is 0 Å². The van der Waals surface area contributed by atoms with Crippen LogP contribution in [0.25, 0.3) is 0 Å². The Hall–Kier alpha value is 1.26. The van der Waals surface area contributed by atoms with Gasteiger partial charge in [-0.3, -0.25) is 0 Å². The molecule has 0 heterocycles. The van der Waals surface area contributed by atoms with Gasteiger partial charge in [0.15, 0.2) is 0 Å². The molecule has 0 spiro atoms. The van der Waals surface area contributed by atoms with Gasteiger partial charge in [0.2, 0.25) is 0 Å². The van der Waals surface area contributed by atoms with E-state index in [2.05, 4.69) is 42.5 Å². The van der Waals surface area contributed by atoms with Crippen molar-refractivity contribution in [2.75, 3.05) is 0 Å². The molecule has 0 radical (unpaired) electrons. The van der Waals surface area contributed by atoms with Crippen LogP contribution in [0.5, 0.6) is 0 Å². The predicted octanol–water partition coefficient (Wildman–Crippen LogP) is 3.99. The van der Waals surface area contributed by atoms with Crippen molar-refractivity contribution in [3.8, 4) is 0 Å². The Balaban J connectivity index is 3.27. The van der Waals surface area contributed by atoms with Crippen molar-refractivity contribution in [3.05, 3.63) is 7.70 Å². The van der Waals surface area contributed by atoms with Crippen molar-refractivity contribution in [3.63, 3.8) is 0 Å². The second-order valence-electron chi connectivity index (χ2n) is 2.50. The average Bonchev–Trinajstić information content (AvgIpc) is 2.01. The molecule has 11 heavy (non-hydrogen) atoms. The van der Waals surface area contributed by atoms with E-state index in [0.29, 0.717) is 0 Å². The number of hydrogen-bond donors (Lipinski definition) is 0. The van der Waals surface area contributed by atoms with Crippen LogP contribution >= 0.6 is 22.6 Å². The molecule has 0 atom stereocenters. The van der Waals surface area contributed by atoms with E-state index in [1.807, 2.05) is 0 Å². The van der Waals surface area contributed by atoms with E-state index < -0.39 is 0 Å². The zero-order valence-electron chi connectivity index (χ0n) is 7.40. The molecule has 0 aromatic carbocycles. The molecule has 0 N–H and O–H groups in total. The van der Waals surface area contributed by atoms with Crippen molar-refractivity contribution >= 4 is 43.5 Å². The van der Waals surface area contributed by atoms with Crippen molar-refractivity contribution < 1.29 is 0 Å². The number of allylic oxidation sites excluding steroid dienone is 1. The number of unbranched alkanes of at least 4 members (excludes halogenated alkanes) is 2. The molecule has 0 unspecified atom stereocenters. The topological polar surface area (TPSA) is 0 Å². The van der Waals surface area contributed by atoms with E-state index in [1.165, 1.54) is 30.2 Å². The number of halogens is 1. The van der Waals surface area contributed by atoms with Crippen LogP contribution in [0.2, 0.25) is 4.47 Å². The fourth-order valence-electron chi connectivity index (χ4n) is 0.631. The van der Waals surface area contributed by atoms with Crippen molar-refractivity contribution in [1.82, 2.24) is 0 Å². The molecule has 0 aromatic heterocycles. The minimum atomic E-state index is 0.226. The zero-order valence-corrected chi connectivity index (χ0v) is 11.9. The normalized spacial score (nSPS) is 12.1. The van der Waals surface area contributed by atoms with Crippen LogP contribution in [-0.2, 0) is 0 Å². The van der Waals surface area contributed by atoms with Crippen LogP contribution in [0.3, 0.4) is 0 Å². The van der Waals surface area contributed by atoms with Crippen molar-refractivity contribution in [1.29, 1.82) is 0 Å². The number of rotatable bonds is 6.